The third-order valence-electron chi connectivity index (χ3n) is 2.18. The van der Waals surface area contributed by atoms with Crippen LogP contribution in [0.2, 0.25) is 0 Å². The molecule has 0 aromatic carbocycles. The zero-order valence-electron chi connectivity index (χ0n) is 7.36. The van der Waals surface area contributed by atoms with Gasteiger partial charge in [-0.25, -0.2) is 0 Å². The standard InChI is InChI=1S/C7H13N5/c1-5-3-6(5)8-4-7-9-11-12(2)10-7/h5-6,8H,3-4H2,1-2H3. The Morgan fingerprint density at radius 1 is 1.67 bits per heavy atom. The van der Waals surface area contributed by atoms with Crippen LogP contribution in [-0.4, -0.2) is 26.2 Å². The van der Waals surface area contributed by atoms with Crippen LogP contribution in [0.4, 0.5) is 0 Å². The lowest BCUT2D eigenvalue weighted by Gasteiger charge is -1.96. The van der Waals surface area contributed by atoms with Crippen molar-refractivity contribution < 1.29 is 0 Å². The van der Waals surface area contributed by atoms with Gasteiger partial charge in [0.15, 0.2) is 5.82 Å². The lowest BCUT2D eigenvalue weighted by atomic mass is 10.4. The average Bonchev–Trinajstić information content (AvgIpc) is 2.56. The molecular weight excluding hydrogens is 154 g/mol. The zero-order chi connectivity index (χ0) is 8.55. The smallest absolute Gasteiger partial charge is 0.188 e. The number of tetrazole rings is 1. The minimum Gasteiger partial charge on any atom is -0.307 e. The minimum absolute atomic E-state index is 0.675. The van der Waals surface area contributed by atoms with Gasteiger partial charge in [-0.15, -0.1) is 10.2 Å². The molecule has 2 rings (SSSR count). The Hall–Kier alpha value is -0.970. The van der Waals surface area contributed by atoms with Crippen molar-refractivity contribution in [3.05, 3.63) is 5.82 Å². The third-order valence-corrected chi connectivity index (χ3v) is 2.18. The summed E-state index contributed by atoms with van der Waals surface area (Å²) in [6.07, 6.45) is 1.28. The highest BCUT2D eigenvalue weighted by molar-refractivity contribution is 4.91. The van der Waals surface area contributed by atoms with E-state index < -0.39 is 0 Å². The van der Waals surface area contributed by atoms with Crippen LogP contribution in [0.5, 0.6) is 0 Å². The van der Waals surface area contributed by atoms with E-state index in [0.717, 1.165) is 18.3 Å². The number of hydrogen-bond acceptors (Lipinski definition) is 4. The first-order chi connectivity index (χ1) is 5.75. The summed E-state index contributed by atoms with van der Waals surface area (Å²) in [5, 5.41) is 15.1. The molecule has 1 saturated carbocycles. The number of nitrogens with zero attached hydrogens (tertiary/aromatic N) is 4. The van der Waals surface area contributed by atoms with Crippen molar-refractivity contribution in [3.63, 3.8) is 0 Å². The highest BCUT2D eigenvalue weighted by Gasteiger charge is 2.31. The van der Waals surface area contributed by atoms with Crippen LogP contribution >= 0.6 is 0 Å². The molecule has 1 fully saturated rings. The Morgan fingerprint density at radius 2 is 2.42 bits per heavy atom. The first kappa shape index (κ1) is 7.67. The van der Waals surface area contributed by atoms with Crippen LogP contribution < -0.4 is 5.32 Å². The molecule has 1 N–H and O–H groups in total. The van der Waals surface area contributed by atoms with E-state index >= 15 is 0 Å². The van der Waals surface area contributed by atoms with Crippen molar-refractivity contribution in [2.75, 3.05) is 0 Å². The highest BCUT2D eigenvalue weighted by atomic mass is 15.6. The van der Waals surface area contributed by atoms with Gasteiger partial charge in [0.25, 0.3) is 0 Å². The van der Waals surface area contributed by atoms with E-state index in [-0.39, 0.29) is 0 Å². The Morgan fingerprint density at radius 3 is 2.92 bits per heavy atom. The van der Waals surface area contributed by atoms with E-state index in [2.05, 4.69) is 27.7 Å². The van der Waals surface area contributed by atoms with E-state index in [0.29, 0.717) is 6.04 Å². The summed E-state index contributed by atoms with van der Waals surface area (Å²) in [6, 6.07) is 0.675. The van der Waals surface area contributed by atoms with E-state index in [1.165, 1.54) is 11.2 Å². The van der Waals surface area contributed by atoms with Gasteiger partial charge in [-0.1, -0.05) is 6.92 Å². The van der Waals surface area contributed by atoms with Crippen LogP contribution in [0.3, 0.4) is 0 Å². The van der Waals surface area contributed by atoms with Crippen molar-refractivity contribution in [3.8, 4) is 0 Å². The molecule has 5 nitrogen and oxygen atoms in total. The molecule has 0 amide bonds. The summed E-state index contributed by atoms with van der Waals surface area (Å²) < 4.78 is 0. The van der Waals surface area contributed by atoms with Crippen LogP contribution in [-0.2, 0) is 13.6 Å². The van der Waals surface area contributed by atoms with Crippen LogP contribution in [0.1, 0.15) is 19.2 Å². The first-order valence-corrected chi connectivity index (χ1v) is 4.22. The molecule has 0 radical (unpaired) electrons. The van der Waals surface area contributed by atoms with Crippen LogP contribution in [0.15, 0.2) is 0 Å². The molecule has 5 heteroatoms. The molecular formula is C7H13N5. The Kier molecular flexibility index (Phi) is 1.80. The van der Waals surface area contributed by atoms with Gasteiger partial charge in [-0.2, -0.15) is 4.80 Å². The number of aryl methyl sites for hydroxylation is 1. The molecule has 0 bridgehead atoms. The fraction of sp³-hybridized carbons (Fsp3) is 0.857. The summed E-state index contributed by atoms with van der Waals surface area (Å²) >= 11 is 0. The maximum absolute atomic E-state index is 4.07. The van der Waals surface area contributed by atoms with E-state index in [1.54, 1.807) is 7.05 Å². The van der Waals surface area contributed by atoms with Crippen molar-refractivity contribution in [2.24, 2.45) is 13.0 Å². The van der Waals surface area contributed by atoms with Gasteiger partial charge in [-0.3, -0.25) is 0 Å². The molecule has 1 heterocycles. The second-order valence-electron chi connectivity index (χ2n) is 3.40. The van der Waals surface area contributed by atoms with Crippen LogP contribution in [0.25, 0.3) is 0 Å². The minimum atomic E-state index is 0.675. The zero-order valence-corrected chi connectivity index (χ0v) is 7.36. The summed E-state index contributed by atoms with van der Waals surface area (Å²) in [7, 11) is 1.77. The van der Waals surface area contributed by atoms with Crippen molar-refractivity contribution in [1.29, 1.82) is 0 Å². The maximum Gasteiger partial charge on any atom is 0.188 e. The molecule has 1 aromatic heterocycles. The predicted molar refractivity (Wildman–Crippen MR) is 43.2 cm³/mol. The topological polar surface area (TPSA) is 55.6 Å². The quantitative estimate of drug-likeness (QED) is 0.672. The molecule has 0 spiro atoms. The van der Waals surface area contributed by atoms with Gasteiger partial charge in [-0.05, 0) is 17.6 Å². The number of hydrogen-bond donors (Lipinski definition) is 1. The fourth-order valence-electron chi connectivity index (χ4n) is 1.22. The molecule has 0 saturated heterocycles. The lowest BCUT2D eigenvalue weighted by Crippen LogP contribution is -2.18. The Balaban J connectivity index is 1.80. The van der Waals surface area contributed by atoms with Crippen LogP contribution in [0, 0.1) is 5.92 Å². The maximum atomic E-state index is 4.07. The fourth-order valence-corrected chi connectivity index (χ4v) is 1.22. The van der Waals surface area contributed by atoms with E-state index in [9.17, 15) is 0 Å². The van der Waals surface area contributed by atoms with E-state index in [4.69, 9.17) is 0 Å². The molecule has 66 valence electrons. The molecule has 0 aliphatic heterocycles. The van der Waals surface area contributed by atoms with Crippen molar-refractivity contribution in [2.45, 2.75) is 25.9 Å². The lowest BCUT2D eigenvalue weighted by molar-refractivity contribution is 0.610. The van der Waals surface area contributed by atoms with Gasteiger partial charge in [0.2, 0.25) is 0 Å². The molecule has 1 aliphatic carbocycles. The molecule has 2 atom stereocenters. The number of aromatic nitrogens is 4. The number of nitrogens with one attached hydrogen (secondary N) is 1. The normalized spacial score (nSPS) is 27.5. The summed E-state index contributed by atoms with van der Waals surface area (Å²) in [4.78, 5) is 1.48. The summed E-state index contributed by atoms with van der Waals surface area (Å²) in [6.45, 7) is 2.98. The average molecular weight is 167 g/mol. The van der Waals surface area contributed by atoms with E-state index in [1.807, 2.05) is 0 Å². The van der Waals surface area contributed by atoms with Gasteiger partial charge in [0.05, 0.1) is 13.6 Å². The predicted octanol–water partition coefficient (Wildman–Crippen LogP) is -0.292. The van der Waals surface area contributed by atoms with Crippen molar-refractivity contribution in [1.82, 2.24) is 25.5 Å². The van der Waals surface area contributed by atoms with Gasteiger partial charge >= 0.3 is 0 Å². The molecule has 12 heavy (non-hydrogen) atoms. The third kappa shape index (κ3) is 1.61. The van der Waals surface area contributed by atoms with Crippen molar-refractivity contribution >= 4 is 0 Å². The Labute approximate surface area is 71.1 Å². The Bertz CT molecular complexity index is 269. The van der Waals surface area contributed by atoms with Gasteiger partial charge in [0.1, 0.15) is 0 Å². The molecule has 2 unspecified atom stereocenters. The number of rotatable bonds is 3. The first-order valence-electron chi connectivity index (χ1n) is 4.22. The SMILES string of the molecule is CC1CC1NCc1nnn(C)n1. The summed E-state index contributed by atoms with van der Waals surface area (Å²) in [5.41, 5.74) is 0. The molecule has 1 aliphatic rings. The summed E-state index contributed by atoms with van der Waals surface area (Å²) in [5.74, 6) is 1.60. The molecule has 1 aromatic rings. The second kappa shape index (κ2) is 2.82. The second-order valence-corrected chi connectivity index (χ2v) is 3.40. The highest BCUT2D eigenvalue weighted by Crippen LogP contribution is 2.28. The largest absolute Gasteiger partial charge is 0.307 e. The van der Waals surface area contributed by atoms with Gasteiger partial charge in [0, 0.05) is 6.04 Å². The van der Waals surface area contributed by atoms with Gasteiger partial charge < -0.3 is 5.32 Å². The monoisotopic (exact) mass is 167 g/mol.